The molecule has 0 aliphatic carbocycles. The van der Waals surface area contributed by atoms with Crippen molar-refractivity contribution >= 4 is 0 Å². The summed E-state index contributed by atoms with van der Waals surface area (Å²) < 4.78 is 150. The first-order valence-corrected chi connectivity index (χ1v) is 6.75. The molecule has 0 spiro atoms. The summed E-state index contributed by atoms with van der Waals surface area (Å²) in [5, 5.41) is 0. The fraction of sp³-hybridized carbons (Fsp3) is 0.571. The predicted octanol–water partition coefficient (Wildman–Crippen LogP) is 6.11. The van der Waals surface area contributed by atoms with Gasteiger partial charge in [-0.15, -0.1) is 0 Å². The number of hydrogen-bond acceptors (Lipinski definition) is 0. The number of halogens is 12. The van der Waals surface area contributed by atoms with Crippen LogP contribution in [-0.2, 0) is 25.7 Å². The molecule has 0 atom stereocenters. The molecule has 12 heteroatoms. The second kappa shape index (κ2) is 7.18. The Morgan fingerprint density at radius 1 is 0.385 bits per heavy atom. The Bertz CT molecular complexity index is 509. The second-order valence-corrected chi connectivity index (χ2v) is 5.56. The molecule has 0 aliphatic rings. The summed E-state index contributed by atoms with van der Waals surface area (Å²) in [5.41, 5.74) is -4.56. The van der Waals surface area contributed by atoms with E-state index >= 15 is 0 Å². The average molecular weight is 406 g/mol. The van der Waals surface area contributed by atoms with Gasteiger partial charge in [-0.05, 0) is 22.3 Å². The van der Waals surface area contributed by atoms with Crippen molar-refractivity contribution in [3.05, 3.63) is 34.4 Å². The molecule has 0 saturated heterocycles. The van der Waals surface area contributed by atoms with Crippen LogP contribution in [0.2, 0.25) is 0 Å². The zero-order valence-corrected chi connectivity index (χ0v) is 12.5. The molecule has 0 heterocycles. The Kier molecular flexibility index (Phi) is 6.19. The maximum atomic E-state index is 12.5. The van der Waals surface area contributed by atoms with Crippen molar-refractivity contribution < 1.29 is 52.7 Å². The van der Waals surface area contributed by atoms with E-state index in [4.69, 9.17) is 0 Å². The first kappa shape index (κ1) is 22.4. The molecule has 0 aliphatic heterocycles. The van der Waals surface area contributed by atoms with Gasteiger partial charge in [-0.25, -0.2) is 0 Å². The van der Waals surface area contributed by atoms with Gasteiger partial charge in [0.05, 0.1) is 25.7 Å². The van der Waals surface area contributed by atoms with Crippen LogP contribution in [-0.4, -0.2) is 24.7 Å². The molecule has 0 aromatic heterocycles. The van der Waals surface area contributed by atoms with Gasteiger partial charge in [0.25, 0.3) is 0 Å². The van der Waals surface area contributed by atoms with Crippen LogP contribution >= 0.6 is 0 Å². The molecule has 0 N–H and O–H groups in total. The third-order valence-corrected chi connectivity index (χ3v) is 3.09. The smallest absolute Gasteiger partial charge is 0.171 e. The highest BCUT2D eigenvalue weighted by atomic mass is 19.4. The lowest BCUT2D eigenvalue weighted by Crippen LogP contribution is -2.22. The molecule has 0 unspecified atom stereocenters. The van der Waals surface area contributed by atoms with E-state index in [-0.39, 0.29) is 12.1 Å². The lowest BCUT2D eigenvalue weighted by molar-refractivity contribution is -0.134. The van der Waals surface area contributed by atoms with Gasteiger partial charge in [0.15, 0.2) is 0 Å². The monoisotopic (exact) mass is 406 g/mol. The van der Waals surface area contributed by atoms with E-state index in [9.17, 15) is 52.7 Å². The Balaban J connectivity index is 3.53. The topological polar surface area (TPSA) is 0 Å². The highest BCUT2D eigenvalue weighted by Crippen LogP contribution is 2.34. The average Bonchev–Trinajstić information content (AvgIpc) is 2.26. The van der Waals surface area contributed by atoms with Crippen molar-refractivity contribution in [1.29, 1.82) is 0 Å². The summed E-state index contributed by atoms with van der Waals surface area (Å²) in [6.07, 6.45) is -28.2. The minimum atomic E-state index is -5.05. The fourth-order valence-electron chi connectivity index (χ4n) is 2.31. The Morgan fingerprint density at radius 2 is 0.538 bits per heavy atom. The van der Waals surface area contributed by atoms with Crippen molar-refractivity contribution in [2.45, 2.75) is 50.4 Å². The van der Waals surface area contributed by atoms with E-state index in [0.29, 0.717) is 0 Å². The van der Waals surface area contributed by atoms with Crippen LogP contribution in [0.5, 0.6) is 0 Å². The Labute approximate surface area is 138 Å². The molecule has 150 valence electrons. The van der Waals surface area contributed by atoms with Crippen LogP contribution in [0.25, 0.3) is 0 Å². The fourth-order valence-corrected chi connectivity index (χ4v) is 2.31. The molecular formula is C14H10F12. The largest absolute Gasteiger partial charge is 0.393 e. The summed E-state index contributed by atoms with van der Waals surface area (Å²) in [5.74, 6) is 0. The summed E-state index contributed by atoms with van der Waals surface area (Å²) in [6.45, 7) is 0. The predicted molar refractivity (Wildman–Crippen MR) is 65.5 cm³/mol. The lowest BCUT2D eigenvalue weighted by Gasteiger charge is -2.20. The van der Waals surface area contributed by atoms with E-state index < -0.39 is 72.6 Å². The van der Waals surface area contributed by atoms with E-state index in [1.54, 1.807) is 0 Å². The van der Waals surface area contributed by atoms with Gasteiger partial charge < -0.3 is 0 Å². The number of alkyl halides is 12. The third kappa shape index (κ3) is 8.65. The Morgan fingerprint density at radius 3 is 0.654 bits per heavy atom. The van der Waals surface area contributed by atoms with Crippen molar-refractivity contribution in [3.8, 4) is 0 Å². The number of hydrogen-bond donors (Lipinski definition) is 0. The van der Waals surface area contributed by atoms with Crippen LogP contribution in [0.15, 0.2) is 12.1 Å². The minimum absolute atomic E-state index is 0.128. The summed E-state index contributed by atoms with van der Waals surface area (Å²) in [4.78, 5) is 0. The van der Waals surface area contributed by atoms with Crippen LogP contribution in [0, 0.1) is 0 Å². The number of benzene rings is 1. The van der Waals surface area contributed by atoms with Gasteiger partial charge in [-0.2, -0.15) is 52.7 Å². The molecule has 0 nitrogen and oxygen atoms in total. The van der Waals surface area contributed by atoms with E-state index in [1.165, 1.54) is 0 Å². The minimum Gasteiger partial charge on any atom is -0.171 e. The van der Waals surface area contributed by atoms with Crippen molar-refractivity contribution in [1.82, 2.24) is 0 Å². The SMILES string of the molecule is FC(F)(F)Cc1cc(CC(F)(F)F)c(CC(F)(F)F)cc1CC(F)(F)F. The van der Waals surface area contributed by atoms with Crippen LogP contribution in [0.4, 0.5) is 52.7 Å². The maximum Gasteiger partial charge on any atom is 0.393 e. The quantitative estimate of drug-likeness (QED) is 0.530. The van der Waals surface area contributed by atoms with Gasteiger partial charge >= 0.3 is 24.7 Å². The zero-order valence-electron chi connectivity index (χ0n) is 12.5. The highest BCUT2D eigenvalue weighted by molar-refractivity contribution is 5.40. The van der Waals surface area contributed by atoms with Crippen LogP contribution in [0.1, 0.15) is 22.3 Å². The molecule has 0 radical (unpaired) electrons. The molecule has 1 aromatic rings. The zero-order chi connectivity index (χ0) is 20.6. The maximum absolute atomic E-state index is 12.5. The Hall–Kier alpha value is -1.62. The van der Waals surface area contributed by atoms with Crippen molar-refractivity contribution in [2.75, 3.05) is 0 Å². The summed E-state index contributed by atoms with van der Waals surface area (Å²) in [6, 6.07) is 0.256. The molecule has 0 bridgehead atoms. The standard InChI is InChI=1S/C14H10F12/c15-11(16,17)3-7-1-8(4-12(18,19)20)10(6-14(24,25)26)2-9(7)5-13(21,22)23/h1-2H,3-6H2. The van der Waals surface area contributed by atoms with Gasteiger partial charge in [0, 0.05) is 0 Å². The van der Waals surface area contributed by atoms with Gasteiger partial charge in [-0.3, -0.25) is 0 Å². The summed E-state index contributed by atoms with van der Waals surface area (Å²) in [7, 11) is 0. The lowest BCUT2D eigenvalue weighted by atomic mass is 9.91. The summed E-state index contributed by atoms with van der Waals surface area (Å²) >= 11 is 0. The van der Waals surface area contributed by atoms with Gasteiger partial charge in [-0.1, -0.05) is 12.1 Å². The van der Waals surface area contributed by atoms with E-state index in [0.717, 1.165) is 0 Å². The number of rotatable bonds is 4. The molecule has 26 heavy (non-hydrogen) atoms. The van der Waals surface area contributed by atoms with Gasteiger partial charge in [0.2, 0.25) is 0 Å². The van der Waals surface area contributed by atoms with Crippen molar-refractivity contribution in [2.24, 2.45) is 0 Å². The molecule has 0 fully saturated rings. The molecule has 0 saturated carbocycles. The molecular weight excluding hydrogens is 396 g/mol. The first-order chi connectivity index (χ1) is 11.3. The third-order valence-electron chi connectivity index (χ3n) is 3.09. The molecule has 0 amide bonds. The normalized spacial score (nSPS) is 14.0. The van der Waals surface area contributed by atoms with Gasteiger partial charge in [0.1, 0.15) is 0 Å². The second-order valence-electron chi connectivity index (χ2n) is 5.56. The van der Waals surface area contributed by atoms with E-state index in [1.807, 2.05) is 0 Å². The van der Waals surface area contributed by atoms with Crippen LogP contribution in [0.3, 0.4) is 0 Å². The van der Waals surface area contributed by atoms with Crippen molar-refractivity contribution in [3.63, 3.8) is 0 Å². The molecule has 1 rings (SSSR count). The van der Waals surface area contributed by atoms with Crippen LogP contribution < -0.4 is 0 Å². The van der Waals surface area contributed by atoms with E-state index in [2.05, 4.69) is 0 Å². The first-order valence-electron chi connectivity index (χ1n) is 6.75. The highest BCUT2D eigenvalue weighted by Gasteiger charge is 2.37. The molecule has 1 aromatic carbocycles.